The predicted molar refractivity (Wildman–Crippen MR) is 156 cm³/mol. The van der Waals surface area contributed by atoms with E-state index in [1.807, 2.05) is 60.7 Å². The van der Waals surface area contributed by atoms with E-state index in [2.05, 4.69) is 19.2 Å². The number of nitrogens with zero attached hydrogens (tertiary/aromatic N) is 2. The lowest BCUT2D eigenvalue weighted by molar-refractivity contribution is -0.131. The number of para-hydroxylation sites is 1. The van der Waals surface area contributed by atoms with Gasteiger partial charge in [0.05, 0.1) is 16.8 Å². The number of benzodiazepines with no additional fused rings is 1. The number of hydrogen-bond acceptors (Lipinski definition) is 4. The number of amides is 3. The van der Waals surface area contributed by atoms with Crippen LogP contribution in [0.1, 0.15) is 69.9 Å². The van der Waals surface area contributed by atoms with Crippen LogP contribution >= 0.6 is 0 Å². The van der Waals surface area contributed by atoms with E-state index in [9.17, 15) is 14.4 Å². The van der Waals surface area contributed by atoms with Gasteiger partial charge in [0.1, 0.15) is 6.04 Å². The van der Waals surface area contributed by atoms with Crippen molar-refractivity contribution < 1.29 is 14.4 Å². The van der Waals surface area contributed by atoms with Gasteiger partial charge in [0.25, 0.3) is 5.91 Å². The molecular weight excluding hydrogens is 488 g/mol. The molecule has 4 rings (SSSR count). The van der Waals surface area contributed by atoms with Gasteiger partial charge < -0.3 is 16.0 Å². The van der Waals surface area contributed by atoms with Crippen LogP contribution in [0.5, 0.6) is 0 Å². The highest BCUT2D eigenvalue weighted by atomic mass is 16.2. The SMILES string of the molecule is CC(C)CC/C=C(/C(=O)NCC1N=C(c2ccccc2)c2ccccc2N(C)C1=O)C1(C(N)=O)CCCCC1. The molecule has 0 spiro atoms. The average Bonchev–Trinajstić information content (AvgIpc) is 3.05. The minimum Gasteiger partial charge on any atom is -0.369 e. The van der Waals surface area contributed by atoms with E-state index in [4.69, 9.17) is 10.7 Å². The highest BCUT2D eigenvalue weighted by Crippen LogP contribution is 2.43. The zero-order valence-electron chi connectivity index (χ0n) is 23.3. The van der Waals surface area contributed by atoms with Crippen LogP contribution in [0.25, 0.3) is 0 Å². The Morgan fingerprint density at radius 1 is 1.08 bits per heavy atom. The number of fused-ring (bicyclic) bond motifs is 1. The maximum atomic E-state index is 13.8. The highest BCUT2D eigenvalue weighted by molar-refractivity contribution is 6.20. The van der Waals surface area contributed by atoms with Crippen molar-refractivity contribution in [2.24, 2.45) is 22.1 Å². The molecule has 1 saturated carbocycles. The molecule has 3 amide bonds. The summed E-state index contributed by atoms with van der Waals surface area (Å²) < 4.78 is 0. The number of rotatable bonds is 9. The molecule has 2 aliphatic rings. The topological polar surface area (TPSA) is 105 Å². The van der Waals surface area contributed by atoms with Gasteiger partial charge in [-0.15, -0.1) is 0 Å². The summed E-state index contributed by atoms with van der Waals surface area (Å²) in [5.74, 6) is -0.527. The van der Waals surface area contributed by atoms with Crippen LogP contribution in [0, 0.1) is 11.3 Å². The Balaban J connectivity index is 1.65. The van der Waals surface area contributed by atoms with Crippen molar-refractivity contribution in [3.8, 4) is 0 Å². The van der Waals surface area contributed by atoms with Crippen LogP contribution in [0.2, 0.25) is 0 Å². The molecule has 206 valence electrons. The lowest BCUT2D eigenvalue weighted by Gasteiger charge is -2.36. The van der Waals surface area contributed by atoms with E-state index in [0.29, 0.717) is 36.5 Å². The summed E-state index contributed by atoms with van der Waals surface area (Å²) in [6, 6.07) is 16.6. The first-order valence-electron chi connectivity index (χ1n) is 14.0. The number of benzene rings is 2. The Kier molecular flexibility index (Phi) is 9.00. The molecule has 2 aromatic carbocycles. The number of allylic oxidation sites excluding steroid dienone is 1. The van der Waals surface area contributed by atoms with Crippen LogP contribution < -0.4 is 16.0 Å². The molecule has 1 aliphatic carbocycles. The van der Waals surface area contributed by atoms with Crippen molar-refractivity contribution >= 4 is 29.1 Å². The first kappa shape index (κ1) is 28.3. The Hall–Kier alpha value is -3.74. The first-order chi connectivity index (χ1) is 18.7. The van der Waals surface area contributed by atoms with Crippen LogP contribution in [0.4, 0.5) is 5.69 Å². The minimum atomic E-state index is -0.974. The number of carbonyl (C=O) groups excluding carboxylic acids is 3. The fraction of sp³-hybridized carbons (Fsp3) is 0.438. The highest BCUT2D eigenvalue weighted by Gasteiger charge is 2.44. The second kappa shape index (κ2) is 12.4. The molecular formula is C32H40N4O3. The van der Waals surface area contributed by atoms with Gasteiger partial charge in [0, 0.05) is 30.3 Å². The summed E-state index contributed by atoms with van der Waals surface area (Å²) in [6.45, 7) is 4.28. The number of nitrogens with two attached hydrogens (primary N) is 1. The average molecular weight is 529 g/mol. The molecule has 0 aromatic heterocycles. The Morgan fingerprint density at radius 3 is 2.41 bits per heavy atom. The van der Waals surface area contributed by atoms with Crippen LogP contribution in [-0.4, -0.2) is 43.1 Å². The first-order valence-corrected chi connectivity index (χ1v) is 14.0. The zero-order valence-corrected chi connectivity index (χ0v) is 23.3. The maximum absolute atomic E-state index is 13.8. The molecule has 39 heavy (non-hydrogen) atoms. The summed E-state index contributed by atoms with van der Waals surface area (Å²) in [4.78, 5) is 46.6. The molecule has 0 radical (unpaired) electrons. The molecule has 1 fully saturated rings. The van der Waals surface area contributed by atoms with Crippen molar-refractivity contribution in [3.63, 3.8) is 0 Å². The van der Waals surface area contributed by atoms with Gasteiger partial charge in [-0.3, -0.25) is 19.4 Å². The molecule has 7 heteroatoms. The predicted octanol–water partition coefficient (Wildman–Crippen LogP) is 4.78. The Morgan fingerprint density at radius 2 is 1.74 bits per heavy atom. The van der Waals surface area contributed by atoms with Crippen LogP contribution in [0.3, 0.4) is 0 Å². The van der Waals surface area contributed by atoms with Crippen molar-refractivity contribution in [2.45, 2.75) is 64.8 Å². The lowest BCUT2D eigenvalue weighted by atomic mass is 9.67. The van der Waals surface area contributed by atoms with Crippen LogP contribution in [-0.2, 0) is 14.4 Å². The van der Waals surface area contributed by atoms with E-state index in [1.165, 1.54) is 0 Å². The third kappa shape index (κ3) is 6.13. The number of primary amides is 1. The minimum absolute atomic E-state index is 0.0166. The quantitative estimate of drug-likeness (QED) is 0.458. The molecule has 7 nitrogen and oxygen atoms in total. The van der Waals surface area contributed by atoms with E-state index < -0.39 is 17.4 Å². The fourth-order valence-electron chi connectivity index (χ4n) is 5.70. The van der Waals surface area contributed by atoms with Crippen molar-refractivity contribution in [1.82, 2.24) is 5.32 Å². The third-order valence-corrected chi connectivity index (χ3v) is 7.96. The number of anilines is 1. The summed E-state index contributed by atoms with van der Waals surface area (Å²) in [5.41, 5.74) is 8.66. The van der Waals surface area contributed by atoms with E-state index >= 15 is 0 Å². The number of aliphatic imine (C=N–C) groups is 1. The summed E-state index contributed by atoms with van der Waals surface area (Å²) in [7, 11) is 1.74. The summed E-state index contributed by atoms with van der Waals surface area (Å²) in [6.07, 6.45) is 7.36. The van der Waals surface area contributed by atoms with E-state index in [0.717, 1.165) is 42.5 Å². The van der Waals surface area contributed by atoms with E-state index in [1.54, 1.807) is 11.9 Å². The second-order valence-corrected chi connectivity index (χ2v) is 11.1. The van der Waals surface area contributed by atoms with Crippen molar-refractivity contribution in [3.05, 3.63) is 77.4 Å². The lowest BCUT2D eigenvalue weighted by Crippen LogP contribution is -2.47. The largest absolute Gasteiger partial charge is 0.369 e. The Labute approximate surface area is 231 Å². The van der Waals surface area contributed by atoms with Gasteiger partial charge in [-0.1, -0.05) is 87.7 Å². The number of hydrogen-bond donors (Lipinski definition) is 2. The number of likely N-dealkylation sites (N-methyl/N-ethyl adjacent to an activating group) is 1. The standard InChI is InChI=1S/C32H40N4O3/c1-22(2)13-12-17-25(32(31(33)39)19-10-5-11-20-32)29(37)34-21-26-30(38)36(3)27-18-9-8-16-24(27)28(35-26)23-14-6-4-7-15-23/h4,6-9,14-18,22,26H,5,10-13,19-21H2,1-3H3,(H2,33,39)(H,34,37)/b25-17-. The van der Waals surface area contributed by atoms with Gasteiger partial charge >= 0.3 is 0 Å². The smallest absolute Gasteiger partial charge is 0.253 e. The third-order valence-electron chi connectivity index (χ3n) is 7.96. The number of nitrogens with one attached hydrogen (secondary N) is 1. The Bertz CT molecular complexity index is 1260. The molecule has 1 unspecified atom stereocenters. The van der Waals surface area contributed by atoms with E-state index in [-0.39, 0.29) is 18.4 Å². The molecule has 2 aromatic rings. The molecule has 0 saturated heterocycles. The monoisotopic (exact) mass is 528 g/mol. The molecule has 0 bridgehead atoms. The number of carbonyl (C=O) groups is 3. The van der Waals surface area contributed by atoms with Crippen molar-refractivity contribution in [2.75, 3.05) is 18.5 Å². The van der Waals surface area contributed by atoms with Crippen molar-refractivity contribution in [1.29, 1.82) is 0 Å². The fourth-order valence-corrected chi connectivity index (χ4v) is 5.70. The maximum Gasteiger partial charge on any atom is 0.253 e. The van der Waals surface area contributed by atoms with Gasteiger partial charge in [-0.25, -0.2) is 0 Å². The van der Waals surface area contributed by atoms with Gasteiger partial charge in [-0.2, -0.15) is 0 Å². The molecule has 1 atom stereocenters. The molecule has 1 heterocycles. The summed E-state index contributed by atoms with van der Waals surface area (Å²) >= 11 is 0. The second-order valence-electron chi connectivity index (χ2n) is 11.1. The van der Waals surface area contributed by atoms with Gasteiger partial charge in [0.2, 0.25) is 11.8 Å². The van der Waals surface area contributed by atoms with Gasteiger partial charge in [-0.05, 0) is 37.7 Å². The van der Waals surface area contributed by atoms with Crippen LogP contribution in [0.15, 0.2) is 71.2 Å². The summed E-state index contributed by atoms with van der Waals surface area (Å²) in [5, 5.41) is 2.98. The molecule has 3 N–H and O–H groups in total. The normalized spacial score (nSPS) is 19.2. The molecule has 1 aliphatic heterocycles. The van der Waals surface area contributed by atoms with Gasteiger partial charge in [0.15, 0.2) is 0 Å². The zero-order chi connectivity index (χ0) is 28.0.